The maximum atomic E-state index is 9.74. The average molecular weight is 216 g/mol. The number of hydrogen-bond donors (Lipinski definition) is 1. The van der Waals surface area contributed by atoms with Gasteiger partial charge in [0.1, 0.15) is 12.0 Å². The van der Waals surface area contributed by atoms with E-state index in [1.807, 2.05) is 0 Å². The van der Waals surface area contributed by atoms with Crippen LogP contribution < -0.4 is 4.74 Å². The van der Waals surface area contributed by atoms with Crippen LogP contribution in [0.1, 0.15) is 11.8 Å². The van der Waals surface area contributed by atoms with Crippen LogP contribution in [0.5, 0.6) is 5.75 Å². The summed E-state index contributed by atoms with van der Waals surface area (Å²) in [5.74, 6) is 0.685. The molecule has 0 saturated heterocycles. The van der Waals surface area contributed by atoms with Crippen molar-refractivity contribution in [2.75, 3.05) is 21.2 Å². The monoisotopic (exact) mass is 215 g/mol. The zero-order valence-electron chi connectivity index (χ0n) is 8.49. The Hall–Kier alpha value is -0.770. The van der Waals surface area contributed by atoms with Gasteiger partial charge in [0.05, 0.1) is 12.1 Å². The van der Waals surface area contributed by atoms with E-state index in [1.165, 1.54) is 0 Å². The van der Waals surface area contributed by atoms with Gasteiger partial charge in [-0.15, -0.1) is 0 Å². The van der Waals surface area contributed by atoms with E-state index in [2.05, 4.69) is 0 Å². The molecule has 0 aliphatic carbocycles. The predicted molar refractivity (Wildman–Crippen MR) is 56.7 cm³/mol. The van der Waals surface area contributed by atoms with Gasteiger partial charge in [-0.05, 0) is 32.3 Å². The lowest BCUT2D eigenvalue weighted by Gasteiger charge is -2.20. The maximum absolute atomic E-state index is 9.74. The molecule has 1 N–H and O–H groups in total. The molecule has 0 aromatic heterocycles. The molecule has 0 amide bonds. The van der Waals surface area contributed by atoms with Crippen LogP contribution in [-0.2, 0) is 0 Å². The highest BCUT2D eigenvalue weighted by molar-refractivity contribution is 6.31. The third-order valence-electron chi connectivity index (χ3n) is 1.97. The minimum Gasteiger partial charge on any atom is -0.497 e. The Morgan fingerprint density at radius 2 is 2.07 bits per heavy atom. The summed E-state index contributed by atoms with van der Waals surface area (Å²) in [6, 6.07) is 5.21. The number of aliphatic hydroxyl groups is 1. The van der Waals surface area contributed by atoms with Gasteiger partial charge in [-0.2, -0.15) is 0 Å². The zero-order valence-corrected chi connectivity index (χ0v) is 9.25. The van der Waals surface area contributed by atoms with Crippen molar-refractivity contribution in [1.29, 1.82) is 0 Å². The summed E-state index contributed by atoms with van der Waals surface area (Å²) in [4.78, 5) is 1.67. The topological polar surface area (TPSA) is 32.7 Å². The average Bonchev–Trinajstić information content (AvgIpc) is 2.16. The molecule has 0 fully saturated rings. The minimum atomic E-state index is -0.687. The van der Waals surface area contributed by atoms with Crippen LogP contribution in [0.15, 0.2) is 18.2 Å². The maximum Gasteiger partial charge on any atom is 0.134 e. The Kier molecular flexibility index (Phi) is 3.75. The fraction of sp³-hybridized carbons (Fsp3) is 0.400. The molecule has 0 aliphatic heterocycles. The van der Waals surface area contributed by atoms with Crippen molar-refractivity contribution in [3.63, 3.8) is 0 Å². The summed E-state index contributed by atoms with van der Waals surface area (Å²) in [5, 5.41) is 10.2. The molecule has 1 rings (SSSR count). The largest absolute Gasteiger partial charge is 0.497 e. The molecule has 1 aromatic carbocycles. The van der Waals surface area contributed by atoms with Gasteiger partial charge < -0.3 is 9.84 Å². The van der Waals surface area contributed by atoms with Crippen LogP contribution in [0.2, 0.25) is 5.02 Å². The van der Waals surface area contributed by atoms with E-state index in [9.17, 15) is 5.11 Å². The summed E-state index contributed by atoms with van der Waals surface area (Å²) >= 11 is 5.98. The first-order chi connectivity index (χ1) is 6.56. The van der Waals surface area contributed by atoms with Crippen molar-refractivity contribution in [2.45, 2.75) is 6.23 Å². The Balaban J connectivity index is 2.99. The number of nitrogens with zero attached hydrogens (tertiary/aromatic N) is 1. The molecule has 0 radical (unpaired) electrons. The number of aliphatic hydroxyl groups excluding tert-OH is 1. The molecular formula is C10H14ClNO2. The van der Waals surface area contributed by atoms with Crippen LogP contribution in [0.4, 0.5) is 0 Å². The number of hydrogen-bond acceptors (Lipinski definition) is 3. The summed E-state index contributed by atoms with van der Waals surface area (Å²) in [6.07, 6.45) is -0.687. The van der Waals surface area contributed by atoms with Gasteiger partial charge in [-0.1, -0.05) is 11.6 Å². The Morgan fingerprint density at radius 3 is 2.50 bits per heavy atom. The number of methoxy groups -OCH3 is 1. The highest BCUT2D eigenvalue weighted by atomic mass is 35.5. The molecule has 0 saturated carbocycles. The van der Waals surface area contributed by atoms with E-state index in [-0.39, 0.29) is 0 Å². The first-order valence-corrected chi connectivity index (χ1v) is 4.62. The number of ether oxygens (including phenoxy) is 1. The summed E-state index contributed by atoms with van der Waals surface area (Å²) < 4.78 is 5.01. The van der Waals surface area contributed by atoms with Gasteiger partial charge in [-0.3, -0.25) is 4.90 Å². The first-order valence-electron chi connectivity index (χ1n) is 4.24. The van der Waals surface area contributed by atoms with Crippen LogP contribution in [0, 0.1) is 0 Å². The third kappa shape index (κ3) is 2.38. The normalized spacial score (nSPS) is 13.0. The van der Waals surface area contributed by atoms with Crippen molar-refractivity contribution in [3.8, 4) is 5.75 Å². The van der Waals surface area contributed by atoms with Gasteiger partial charge >= 0.3 is 0 Å². The quantitative estimate of drug-likeness (QED) is 0.782. The number of halogens is 1. The second-order valence-corrected chi connectivity index (χ2v) is 3.63. The van der Waals surface area contributed by atoms with Gasteiger partial charge in [0.25, 0.3) is 0 Å². The number of benzene rings is 1. The second kappa shape index (κ2) is 4.64. The standard InChI is InChI=1S/C10H14ClNO2/c1-12(2)10(13)8-5-4-7(14-3)6-9(8)11/h4-6,10,13H,1-3H3. The van der Waals surface area contributed by atoms with Crippen molar-refractivity contribution in [3.05, 3.63) is 28.8 Å². The molecule has 1 unspecified atom stereocenters. The molecule has 3 nitrogen and oxygen atoms in total. The van der Waals surface area contributed by atoms with E-state index in [0.717, 1.165) is 0 Å². The van der Waals surface area contributed by atoms with E-state index in [0.29, 0.717) is 16.3 Å². The molecule has 0 heterocycles. The Morgan fingerprint density at radius 1 is 1.43 bits per heavy atom. The first kappa shape index (κ1) is 11.3. The number of rotatable bonds is 3. The molecule has 4 heteroatoms. The summed E-state index contributed by atoms with van der Waals surface area (Å²) in [7, 11) is 5.14. The van der Waals surface area contributed by atoms with Crippen LogP contribution >= 0.6 is 11.6 Å². The minimum absolute atomic E-state index is 0.505. The van der Waals surface area contributed by atoms with Crippen LogP contribution in [0.25, 0.3) is 0 Å². The summed E-state index contributed by atoms with van der Waals surface area (Å²) in [6.45, 7) is 0. The predicted octanol–water partition coefficient (Wildman–Crippen LogP) is 1.90. The molecular weight excluding hydrogens is 202 g/mol. The second-order valence-electron chi connectivity index (χ2n) is 3.22. The lowest BCUT2D eigenvalue weighted by atomic mass is 10.2. The summed E-state index contributed by atoms with van der Waals surface area (Å²) in [5.41, 5.74) is 0.678. The fourth-order valence-corrected chi connectivity index (χ4v) is 1.39. The van der Waals surface area contributed by atoms with Crippen molar-refractivity contribution < 1.29 is 9.84 Å². The van der Waals surface area contributed by atoms with Gasteiger partial charge in [0.2, 0.25) is 0 Å². The van der Waals surface area contributed by atoms with Crippen molar-refractivity contribution >= 4 is 11.6 Å². The van der Waals surface area contributed by atoms with Crippen molar-refractivity contribution in [2.24, 2.45) is 0 Å². The van der Waals surface area contributed by atoms with Gasteiger partial charge in [-0.25, -0.2) is 0 Å². The SMILES string of the molecule is COc1ccc(C(O)N(C)C)c(Cl)c1. The van der Waals surface area contributed by atoms with Crippen molar-refractivity contribution in [1.82, 2.24) is 4.90 Å². The molecule has 0 aliphatic rings. The smallest absolute Gasteiger partial charge is 0.134 e. The van der Waals surface area contributed by atoms with Crippen LogP contribution in [-0.4, -0.2) is 31.2 Å². The van der Waals surface area contributed by atoms with Gasteiger partial charge in [0.15, 0.2) is 0 Å². The lowest BCUT2D eigenvalue weighted by molar-refractivity contribution is 0.0396. The van der Waals surface area contributed by atoms with Gasteiger partial charge in [0, 0.05) is 5.56 Å². The highest BCUT2D eigenvalue weighted by Gasteiger charge is 2.13. The zero-order chi connectivity index (χ0) is 10.7. The molecule has 14 heavy (non-hydrogen) atoms. The third-order valence-corrected chi connectivity index (χ3v) is 2.30. The highest BCUT2D eigenvalue weighted by Crippen LogP contribution is 2.27. The lowest BCUT2D eigenvalue weighted by Crippen LogP contribution is -2.19. The fourth-order valence-electron chi connectivity index (χ4n) is 1.12. The molecule has 1 atom stereocenters. The van der Waals surface area contributed by atoms with E-state index < -0.39 is 6.23 Å². The van der Waals surface area contributed by atoms with Crippen LogP contribution in [0.3, 0.4) is 0 Å². The molecule has 0 spiro atoms. The Bertz CT molecular complexity index is 315. The molecule has 78 valence electrons. The molecule has 0 bridgehead atoms. The Labute approximate surface area is 88.9 Å². The van der Waals surface area contributed by atoms with E-state index >= 15 is 0 Å². The molecule has 1 aromatic rings. The van der Waals surface area contributed by atoms with E-state index in [4.69, 9.17) is 16.3 Å². The van der Waals surface area contributed by atoms with E-state index in [1.54, 1.807) is 44.3 Å².